The number of phenolic OH excluding ortho intramolecular Hbond substituents is 1. The Bertz CT molecular complexity index is 1030. The van der Waals surface area contributed by atoms with Crippen LogP contribution in [0.5, 0.6) is 11.5 Å². The van der Waals surface area contributed by atoms with Crippen LogP contribution in [-0.2, 0) is 0 Å². The van der Waals surface area contributed by atoms with Crippen LogP contribution in [0.2, 0.25) is 0 Å². The second-order valence-electron chi connectivity index (χ2n) is 4.85. The minimum Gasteiger partial charge on any atom is -0.507 e. The molecular weight excluding hydrogens is 286 g/mol. The first-order valence-electron chi connectivity index (χ1n) is 6.45. The van der Waals surface area contributed by atoms with Crippen LogP contribution in [0.3, 0.4) is 0 Å². The molecule has 0 atom stereocenters. The van der Waals surface area contributed by atoms with Crippen molar-refractivity contribution >= 4 is 11.1 Å². The van der Waals surface area contributed by atoms with Crippen LogP contribution in [0.1, 0.15) is 0 Å². The second kappa shape index (κ2) is 4.36. The molecule has 0 unspecified atom stereocenters. The molecule has 1 aromatic heterocycles. The van der Waals surface area contributed by atoms with Gasteiger partial charge in [0.1, 0.15) is 17.0 Å². The van der Waals surface area contributed by atoms with Gasteiger partial charge in [0.15, 0.2) is 28.9 Å². The molecule has 0 fully saturated rings. The molecule has 1 aromatic carbocycles. The number of rotatable bonds is 1. The van der Waals surface area contributed by atoms with Gasteiger partial charge in [0.2, 0.25) is 0 Å². The minimum atomic E-state index is -0.377. The van der Waals surface area contributed by atoms with E-state index in [0.29, 0.717) is 16.7 Å². The standard InChI is InChI=1S/C16H9NO5/c18-9-4-12(19)10-6-13(20)16(22-15(10)5-9)8-1-2-14-11(3-8)17-7-21-14/h1-7,19-20H. The van der Waals surface area contributed by atoms with Crippen LogP contribution in [0.4, 0.5) is 0 Å². The van der Waals surface area contributed by atoms with Gasteiger partial charge >= 0.3 is 0 Å². The number of aromatic hydroxyl groups is 2. The molecule has 0 amide bonds. The van der Waals surface area contributed by atoms with Gasteiger partial charge in [-0.3, -0.25) is 4.79 Å². The summed E-state index contributed by atoms with van der Waals surface area (Å²) in [7, 11) is 0. The zero-order valence-electron chi connectivity index (χ0n) is 11.1. The van der Waals surface area contributed by atoms with Crippen LogP contribution in [0, 0.1) is 0 Å². The van der Waals surface area contributed by atoms with Crippen molar-refractivity contribution in [3.8, 4) is 34.1 Å². The number of hydrogen-bond donors (Lipinski definition) is 2. The molecule has 0 saturated heterocycles. The van der Waals surface area contributed by atoms with Gasteiger partial charge in [0.05, 0.1) is 5.56 Å². The Morgan fingerprint density at radius 2 is 1.86 bits per heavy atom. The average molecular weight is 295 g/mol. The monoisotopic (exact) mass is 295 g/mol. The molecule has 6 heteroatoms. The Morgan fingerprint density at radius 3 is 2.73 bits per heavy atom. The Labute approximate surface area is 123 Å². The lowest BCUT2D eigenvalue weighted by Gasteiger charge is -2.11. The number of fused-ring (bicyclic) bond motifs is 2. The Hall–Kier alpha value is -3.28. The van der Waals surface area contributed by atoms with E-state index in [2.05, 4.69) is 4.98 Å². The fourth-order valence-electron chi connectivity index (χ4n) is 2.39. The van der Waals surface area contributed by atoms with Crippen molar-refractivity contribution in [2.75, 3.05) is 0 Å². The molecule has 6 nitrogen and oxygen atoms in total. The highest BCUT2D eigenvalue weighted by molar-refractivity contribution is 5.81. The predicted octanol–water partition coefficient (Wildman–Crippen LogP) is 2.96. The molecule has 0 spiro atoms. The van der Waals surface area contributed by atoms with Gasteiger partial charge in [-0.15, -0.1) is 0 Å². The molecule has 0 radical (unpaired) electrons. The minimum absolute atomic E-state index is 0.149. The number of aromatic nitrogens is 1. The van der Waals surface area contributed by atoms with Crippen molar-refractivity contribution in [2.45, 2.75) is 0 Å². The Morgan fingerprint density at radius 1 is 1.00 bits per heavy atom. The third kappa shape index (κ3) is 1.81. The smallest absolute Gasteiger partial charge is 0.186 e. The van der Waals surface area contributed by atoms with Crippen molar-refractivity contribution in [1.82, 2.24) is 4.98 Å². The molecule has 0 saturated carbocycles. The summed E-state index contributed by atoms with van der Waals surface area (Å²) in [6.07, 6.45) is 1.33. The molecular formula is C16H9NO5. The third-order valence-electron chi connectivity index (χ3n) is 3.41. The van der Waals surface area contributed by atoms with Crippen molar-refractivity contribution in [3.05, 3.63) is 53.0 Å². The first-order chi connectivity index (χ1) is 10.6. The zero-order chi connectivity index (χ0) is 15.3. The number of hydrogen-bond acceptors (Lipinski definition) is 6. The van der Waals surface area contributed by atoms with Gasteiger partial charge in [0.25, 0.3) is 0 Å². The van der Waals surface area contributed by atoms with Gasteiger partial charge in [0, 0.05) is 17.7 Å². The summed E-state index contributed by atoms with van der Waals surface area (Å²) < 4.78 is 10.8. The lowest BCUT2D eigenvalue weighted by molar-refractivity contribution is 0.439. The lowest BCUT2D eigenvalue weighted by atomic mass is 10.1. The fraction of sp³-hybridized carbons (Fsp3) is 0. The van der Waals surface area contributed by atoms with Gasteiger partial charge in [-0.1, -0.05) is 0 Å². The maximum Gasteiger partial charge on any atom is 0.186 e. The molecule has 108 valence electrons. The van der Waals surface area contributed by atoms with E-state index in [9.17, 15) is 15.0 Å². The predicted molar refractivity (Wildman–Crippen MR) is 77.9 cm³/mol. The highest BCUT2D eigenvalue weighted by Crippen LogP contribution is 2.39. The summed E-state index contributed by atoms with van der Waals surface area (Å²) in [5, 5.41) is 19.9. The summed E-state index contributed by atoms with van der Waals surface area (Å²) in [6, 6.07) is 8.79. The van der Waals surface area contributed by atoms with Gasteiger partial charge < -0.3 is 19.0 Å². The quantitative estimate of drug-likeness (QED) is 0.560. The van der Waals surface area contributed by atoms with Crippen LogP contribution >= 0.6 is 0 Å². The first kappa shape index (κ1) is 12.5. The maximum atomic E-state index is 11.5. The van der Waals surface area contributed by atoms with Crippen molar-refractivity contribution in [3.63, 3.8) is 0 Å². The van der Waals surface area contributed by atoms with E-state index in [-0.39, 0.29) is 34.0 Å². The number of oxazole rings is 1. The molecule has 0 bridgehead atoms. The highest BCUT2D eigenvalue weighted by Gasteiger charge is 2.18. The highest BCUT2D eigenvalue weighted by atomic mass is 16.4. The number of phenols is 1. The largest absolute Gasteiger partial charge is 0.507 e. The van der Waals surface area contributed by atoms with E-state index in [1.165, 1.54) is 18.5 Å². The van der Waals surface area contributed by atoms with E-state index in [4.69, 9.17) is 8.83 Å². The van der Waals surface area contributed by atoms with Gasteiger partial charge in [-0.2, -0.15) is 0 Å². The topological polar surface area (TPSA) is 96.7 Å². The summed E-state index contributed by atoms with van der Waals surface area (Å²) in [6.45, 7) is 0. The summed E-state index contributed by atoms with van der Waals surface area (Å²) in [4.78, 5) is 15.5. The number of nitrogens with zero attached hydrogens (tertiary/aromatic N) is 1. The van der Waals surface area contributed by atoms with Crippen LogP contribution in [-0.4, -0.2) is 15.2 Å². The van der Waals surface area contributed by atoms with E-state index < -0.39 is 0 Å². The lowest BCUT2D eigenvalue weighted by Crippen LogP contribution is -1.99. The maximum absolute atomic E-state index is 11.5. The summed E-state index contributed by atoms with van der Waals surface area (Å²) in [5.41, 5.74) is 1.70. The van der Waals surface area contributed by atoms with Crippen LogP contribution in [0.15, 0.2) is 56.4 Å². The van der Waals surface area contributed by atoms with E-state index in [0.717, 1.165) is 6.07 Å². The van der Waals surface area contributed by atoms with Gasteiger partial charge in [-0.25, -0.2) is 4.98 Å². The molecule has 22 heavy (non-hydrogen) atoms. The molecule has 2 N–H and O–H groups in total. The van der Waals surface area contributed by atoms with Crippen molar-refractivity contribution in [2.24, 2.45) is 0 Å². The zero-order valence-corrected chi connectivity index (χ0v) is 11.1. The summed E-state index contributed by atoms with van der Waals surface area (Å²) >= 11 is 0. The molecule has 2 aliphatic rings. The Balaban J connectivity index is 2.00. The average Bonchev–Trinajstić information content (AvgIpc) is 2.95. The van der Waals surface area contributed by atoms with Gasteiger partial charge in [-0.05, 0) is 24.3 Å². The molecule has 1 aliphatic heterocycles. The fourth-order valence-corrected chi connectivity index (χ4v) is 2.39. The van der Waals surface area contributed by atoms with Crippen molar-refractivity contribution < 1.29 is 19.0 Å². The molecule has 2 aromatic rings. The van der Waals surface area contributed by atoms with Crippen LogP contribution in [0.25, 0.3) is 33.7 Å². The molecule has 2 heterocycles. The van der Waals surface area contributed by atoms with Crippen molar-refractivity contribution in [1.29, 1.82) is 0 Å². The normalized spacial score (nSPS) is 11.3. The first-order valence-corrected chi connectivity index (χ1v) is 6.45. The Kier molecular flexibility index (Phi) is 2.47. The molecule has 4 rings (SSSR count). The van der Waals surface area contributed by atoms with E-state index in [1.807, 2.05) is 0 Å². The molecule has 1 aliphatic carbocycles. The number of benzene rings is 2. The van der Waals surface area contributed by atoms with Crippen LogP contribution < -0.4 is 5.43 Å². The SMILES string of the molecule is O=c1cc2oc(-c3ccc4ocnc4c3)c(O)cc-2c(O)c1. The van der Waals surface area contributed by atoms with E-state index in [1.54, 1.807) is 18.2 Å². The third-order valence-corrected chi connectivity index (χ3v) is 3.41. The second-order valence-corrected chi connectivity index (χ2v) is 4.85. The summed E-state index contributed by atoms with van der Waals surface area (Å²) in [5.74, 6) is -0.00945. The van der Waals surface area contributed by atoms with E-state index >= 15 is 0 Å².